The molecule has 1 amide bonds. The summed E-state index contributed by atoms with van der Waals surface area (Å²) in [5, 5.41) is 8.89. The van der Waals surface area contributed by atoms with Crippen LogP contribution >= 0.6 is 0 Å². The van der Waals surface area contributed by atoms with E-state index in [4.69, 9.17) is 14.7 Å². The van der Waals surface area contributed by atoms with E-state index in [9.17, 15) is 4.79 Å². The maximum atomic E-state index is 12.7. The molecule has 0 unspecified atom stereocenters. The average Bonchev–Trinajstić information content (AvgIpc) is 2.68. The Balaban J connectivity index is 2.10. The zero-order chi connectivity index (χ0) is 18.8. The molecule has 5 heteroatoms. The Hall–Kier alpha value is -3.00. The van der Waals surface area contributed by atoms with E-state index in [0.717, 1.165) is 29.2 Å². The van der Waals surface area contributed by atoms with E-state index in [1.165, 1.54) is 0 Å². The van der Waals surface area contributed by atoms with Crippen LogP contribution in [-0.2, 0) is 11.2 Å². The number of benzene rings is 2. The Morgan fingerprint density at radius 1 is 1.08 bits per heavy atom. The largest absolute Gasteiger partial charge is 0.494 e. The topological polar surface area (TPSA) is 62.6 Å². The number of carbonyl (C=O) groups is 1. The van der Waals surface area contributed by atoms with Gasteiger partial charge in [0.05, 0.1) is 19.1 Å². The second-order valence-electron chi connectivity index (χ2n) is 5.63. The van der Waals surface area contributed by atoms with Crippen LogP contribution < -0.4 is 14.4 Å². The Kier molecular flexibility index (Phi) is 7.50. The van der Waals surface area contributed by atoms with Gasteiger partial charge in [-0.1, -0.05) is 25.1 Å². The summed E-state index contributed by atoms with van der Waals surface area (Å²) in [4.78, 5) is 14.3. The lowest BCUT2D eigenvalue weighted by atomic mass is 10.1. The third-order valence-corrected chi connectivity index (χ3v) is 3.91. The average molecular weight is 352 g/mol. The zero-order valence-electron chi connectivity index (χ0n) is 15.3. The molecule has 5 nitrogen and oxygen atoms in total. The van der Waals surface area contributed by atoms with Crippen molar-refractivity contribution in [1.29, 1.82) is 5.26 Å². The van der Waals surface area contributed by atoms with Crippen molar-refractivity contribution in [2.45, 2.75) is 26.7 Å². The van der Waals surface area contributed by atoms with Gasteiger partial charge in [-0.2, -0.15) is 5.26 Å². The van der Waals surface area contributed by atoms with Gasteiger partial charge in [0.15, 0.2) is 6.61 Å². The molecule has 0 aromatic heterocycles. The number of amides is 1. The maximum Gasteiger partial charge on any atom is 0.264 e. The summed E-state index contributed by atoms with van der Waals surface area (Å²) in [6.45, 7) is 4.80. The minimum atomic E-state index is -0.185. The molecular formula is C21H24N2O3. The Morgan fingerprint density at radius 3 is 2.46 bits per heavy atom. The molecule has 0 saturated heterocycles. The molecule has 136 valence electrons. The molecule has 26 heavy (non-hydrogen) atoms. The number of para-hydroxylation sites is 1. The van der Waals surface area contributed by atoms with E-state index >= 15 is 0 Å². The molecule has 0 aliphatic carbocycles. The van der Waals surface area contributed by atoms with Gasteiger partial charge in [0.25, 0.3) is 5.91 Å². The number of ether oxygens (including phenoxy) is 2. The number of hydrogen-bond donors (Lipinski definition) is 0. The molecule has 2 aromatic rings. The first kappa shape index (κ1) is 19.3. The lowest BCUT2D eigenvalue weighted by molar-refractivity contribution is -0.120. The highest BCUT2D eigenvalue weighted by atomic mass is 16.5. The number of anilines is 1. The van der Waals surface area contributed by atoms with Crippen molar-refractivity contribution in [2.24, 2.45) is 0 Å². The molecule has 2 aromatic carbocycles. The van der Waals surface area contributed by atoms with Gasteiger partial charge in [0, 0.05) is 12.2 Å². The Bertz CT molecular complexity index is 751. The van der Waals surface area contributed by atoms with Crippen LogP contribution in [-0.4, -0.2) is 25.7 Å². The van der Waals surface area contributed by atoms with Gasteiger partial charge in [-0.05, 0) is 49.2 Å². The normalized spacial score (nSPS) is 10.0. The van der Waals surface area contributed by atoms with Gasteiger partial charge in [0.1, 0.15) is 11.5 Å². The van der Waals surface area contributed by atoms with Crippen LogP contribution in [0.2, 0.25) is 0 Å². The highest BCUT2D eigenvalue weighted by Crippen LogP contribution is 2.21. The SMILES string of the molecule is CCOc1ccc(N(CCC#N)C(=O)COc2ccccc2CC)cc1. The number of carbonyl (C=O) groups excluding carboxylic acids is 1. The van der Waals surface area contributed by atoms with Gasteiger partial charge in [-0.3, -0.25) is 4.79 Å². The quantitative estimate of drug-likeness (QED) is 0.685. The summed E-state index contributed by atoms with van der Waals surface area (Å²) in [6.07, 6.45) is 1.09. The summed E-state index contributed by atoms with van der Waals surface area (Å²) in [7, 11) is 0. The predicted molar refractivity (Wildman–Crippen MR) is 102 cm³/mol. The first-order valence-corrected chi connectivity index (χ1v) is 8.80. The second kappa shape index (κ2) is 10.1. The lowest BCUT2D eigenvalue weighted by Crippen LogP contribution is -2.35. The first-order valence-electron chi connectivity index (χ1n) is 8.80. The molecular weight excluding hydrogens is 328 g/mol. The van der Waals surface area contributed by atoms with Crippen LogP contribution in [0.3, 0.4) is 0 Å². The second-order valence-corrected chi connectivity index (χ2v) is 5.63. The molecule has 2 rings (SSSR count). The van der Waals surface area contributed by atoms with E-state index in [2.05, 4.69) is 6.07 Å². The summed E-state index contributed by atoms with van der Waals surface area (Å²) in [5.74, 6) is 1.28. The van der Waals surface area contributed by atoms with Crippen LogP contribution in [0.5, 0.6) is 11.5 Å². The van der Waals surface area contributed by atoms with E-state index in [1.54, 1.807) is 4.90 Å². The minimum absolute atomic E-state index is 0.0738. The van der Waals surface area contributed by atoms with E-state index in [0.29, 0.717) is 13.2 Å². The van der Waals surface area contributed by atoms with Crippen LogP contribution in [0, 0.1) is 11.3 Å². The molecule has 0 saturated carbocycles. The summed E-state index contributed by atoms with van der Waals surface area (Å²) in [5.41, 5.74) is 1.78. The fraction of sp³-hybridized carbons (Fsp3) is 0.333. The standard InChI is InChI=1S/C21H24N2O3/c1-3-17-8-5-6-9-20(17)26-16-21(24)23(15-7-14-22)18-10-12-19(13-11-18)25-4-2/h5-6,8-13H,3-4,7,15-16H2,1-2H3. The van der Waals surface area contributed by atoms with Crippen molar-refractivity contribution < 1.29 is 14.3 Å². The van der Waals surface area contributed by atoms with Crippen LogP contribution in [0.4, 0.5) is 5.69 Å². The fourth-order valence-corrected chi connectivity index (χ4v) is 2.60. The summed E-state index contributed by atoms with van der Waals surface area (Å²) in [6, 6.07) is 17.1. The van der Waals surface area contributed by atoms with Crippen molar-refractivity contribution in [3.63, 3.8) is 0 Å². The maximum absolute atomic E-state index is 12.7. The monoisotopic (exact) mass is 352 g/mol. The summed E-state index contributed by atoms with van der Waals surface area (Å²) < 4.78 is 11.2. The third kappa shape index (κ3) is 5.25. The van der Waals surface area contributed by atoms with Crippen molar-refractivity contribution in [1.82, 2.24) is 0 Å². The molecule has 0 heterocycles. The Morgan fingerprint density at radius 2 is 1.81 bits per heavy atom. The van der Waals surface area contributed by atoms with Crippen molar-refractivity contribution in [2.75, 3.05) is 24.7 Å². The molecule has 0 N–H and O–H groups in total. The molecule has 0 fully saturated rings. The molecule has 0 atom stereocenters. The van der Waals surface area contributed by atoms with Crippen LogP contribution in [0.15, 0.2) is 48.5 Å². The number of hydrogen-bond acceptors (Lipinski definition) is 4. The van der Waals surface area contributed by atoms with Gasteiger partial charge >= 0.3 is 0 Å². The third-order valence-electron chi connectivity index (χ3n) is 3.91. The van der Waals surface area contributed by atoms with Gasteiger partial charge in [0.2, 0.25) is 0 Å². The van der Waals surface area contributed by atoms with Crippen molar-refractivity contribution in [3.05, 3.63) is 54.1 Å². The van der Waals surface area contributed by atoms with Gasteiger partial charge in [-0.15, -0.1) is 0 Å². The van der Waals surface area contributed by atoms with E-state index in [-0.39, 0.29) is 18.9 Å². The van der Waals surface area contributed by atoms with E-state index in [1.807, 2.05) is 62.4 Å². The van der Waals surface area contributed by atoms with Crippen molar-refractivity contribution >= 4 is 11.6 Å². The highest BCUT2D eigenvalue weighted by Gasteiger charge is 2.17. The van der Waals surface area contributed by atoms with Gasteiger partial charge < -0.3 is 14.4 Å². The highest BCUT2D eigenvalue weighted by molar-refractivity contribution is 5.94. The molecule has 0 aliphatic heterocycles. The number of nitrogens with zero attached hydrogens (tertiary/aromatic N) is 2. The smallest absolute Gasteiger partial charge is 0.264 e. The minimum Gasteiger partial charge on any atom is -0.494 e. The lowest BCUT2D eigenvalue weighted by Gasteiger charge is -2.22. The first-order chi connectivity index (χ1) is 12.7. The molecule has 0 aliphatic rings. The van der Waals surface area contributed by atoms with Crippen molar-refractivity contribution in [3.8, 4) is 17.6 Å². The van der Waals surface area contributed by atoms with E-state index < -0.39 is 0 Å². The number of nitriles is 1. The number of rotatable bonds is 9. The predicted octanol–water partition coefficient (Wildman–Crippen LogP) is 3.97. The zero-order valence-corrected chi connectivity index (χ0v) is 15.3. The van der Waals surface area contributed by atoms with Crippen LogP contribution in [0.25, 0.3) is 0 Å². The summed E-state index contributed by atoms with van der Waals surface area (Å²) >= 11 is 0. The molecule has 0 radical (unpaired) electrons. The Labute approximate surface area is 154 Å². The number of aryl methyl sites for hydroxylation is 1. The van der Waals surface area contributed by atoms with Crippen LogP contribution in [0.1, 0.15) is 25.8 Å². The molecule has 0 spiro atoms. The molecule has 0 bridgehead atoms. The fourth-order valence-electron chi connectivity index (χ4n) is 2.60. The van der Waals surface area contributed by atoms with Gasteiger partial charge in [-0.25, -0.2) is 0 Å².